The number of sulfonamides is 1. The topological polar surface area (TPSA) is 106 Å². The van der Waals surface area contributed by atoms with Crippen molar-refractivity contribution in [2.75, 3.05) is 19.7 Å². The number of ether oxygens (including phenoxy) is 1. The summed E-state index contributed by atoms with van der Waals surface area (Å²) in [6.07, 6.45) is 1.66. The molecule has 156 valence electrons. The fourth-order valence-electron chi connectivity index (χ4n) is 3.27. The highest BCUT2D eigenvalue weighted by atomic mass is 32.2. The maximum absolute atomic E-state index is 12.9. The lowest BCUT2D eigenvalue weighted by molar-refractivity contribution is -0.124. The van der Waals surface area contributed by atoms with Gasteiger partial charge < -0.3 is 14.5 Å². The van der Waals surface area contributed by atoms with E-state index < -0.39 is 22.0 Å². The van der Waals surface area contributed by atoms with Gasteiger partial charge >= 0.3 is 5.97 Å². The second-order valence-corrected chi connectivity index (χ2v) is 8.46. The number of hydrogen-bond acceptors (Lipinski definition) is 6. The number of nitrogens with one attached hydrogen (secondary N) is 1. The minimum Gasteiger partial charge on any atom is -0.460 e. The van der Waals surface area contributed by atoms with Crippen molar-refractivity contribution in [2.45, 2.75) is 37.3 Å². The summed E-state index contributed by atoms with van der Waals surface area (Å²) < 4.78 is 37.0. The maximum Gasteiger partial charge on any atom is 0.374 e. The quantitative estimate of drug-likeness (QED) is 0.655. The van der Waals surface area contributed by atoms with Crippen LogP contribution in [0.15, 0.2) is 52.0 Å². The standard InChI is InChI=1S/C20H24N2O6S/c1-2-27-20(24)17-10-11-18(28-17)29(25,26)22-14-6-9-16(22)19(23)21-13-12-15-7-4-3-5-8-15/h3-5,7-8,10-11,16H,2,6,9,12-14H2,1H3,(H,21,23). The average Bonchev–Trinajstić information content (AvgIpc) is 3.39. The van der Waals surface area contributed by atoms with Crippen LogP contribution in [0.4, 0.5) is 0 Å². The zero-order chi connectivity index (χ0) is 20.9. The number of rotatable bonds is 8. The fourth-order valence-corrected chi connectivity index (χ4v) is 4.84. The molecule has 1 saturated heterocycles. The summed E-state index contributed by atoms with van der Waals surface area (Å²) in [5.74, 6) is -1.25. The van der Waals surface area contributed by atoms with Crippen molar-refractivity contribution in [3.63, 3.8) is 0 Å². The molecule has 1 N–H and O–H groups in total. The number of hydrogen-bond donors (Lipinski definition) is 1. The Balaban J connectivity index is 1.65. The lowest BCUT2D eigenvalue weighted by Crippen LogP contribution is -2.46. The molecule has 0 radical (unpaired) electrons. The summed E-state index contributed by atoms with van der Waals surface area (Å²) in [6, 6.07) is 11.4. The maximum atomic E-state index is 12.9. The second-order valence-electron chi connectivity index (χ2n) is 6.64. The van der Waals surface area contributed by atoms with Gasteiger partial charge in [-0.05, 0) is 43.9 Å². The van der Waals surface area contributed by atoms with Gasteiger partial charge in [0.1, 0.15) is 6.04 Å². The molecule has 1 aliphatic heterocycles. The first-order valence-electron chi connectivity index (χ1n) is 9.54. The summed E-state index contributed by atoms with van der Waals surface area (Å²) in [5, 5.41) is 2.45. The number of amides is 1. The van der Waals surface area contributed by atoms with E-state index in [1.165, 1.54) is 12.1 Å². The van der Waals surface area contributed by atoms with Crippen LogP contribution in [0.3, 0.4) is 0 Å². The predicted molar refractivity (Wildman–Crippen MR) is 105 cm³/mol. The van der Waals surface area contributed by atoms with Crippen LogP contribution in [0, 0.1) is 0 Å². The Morgan fingerprint density at radius 2 is 1.97 bits per heavy atom. The van der Waals surface area contributed by atoms with Crippen LogP contribution < -0.4 is 5.32 Å². The number of carbonyl (C=O) groups is 2. The fraction of sp³-hybridized carbons (Fsp3) is 0.400. The van der Waals surface area contributed by atoms with Crippen LogP contribution in [-0.4, -0.2) is 50.3 Å². The molecule has 1 fully saturated rings. The molecule has 0 saturated carbocycles. The molecule has 1 atom stereocenters. The summed E-state index contributed by atoms with van der Waals surface area (Å²) >= 11 is 0. The van der Waals surface area contributed by atoms with Gasteiger partial charge in [0.05, 0.1) is 6.61 Å². The number of nitrogens with zero attached hydrogens (tertiary/aromatic N) is 1. The van der Waals surface area contributed by atoms with Crippen molar-refractivity contribution in [3.8, 4) is 0 Å². The SMILES string of the molecule is CCOC(=O)c1ccc(S(=O)(=O)N2CCCC2C(=O)NCCc2ccccc2)o1. The number of carbonyl (C=O) groups excluding carboxylic acids is 2. The van der Waals surface area contributed by atoms with E-state index in [0.29, 0.717) is 25.8 Å². The zero-order valence-electron chi connectivity index (χ0n) is 16.2. The van der Waals surface area contributed by atoms with E-state index in [1.807, 2.05) is 30.3 Å². The van der Waals surface area contributed by atoms with Gasteiger partial charge in [-0.3, -0.25) is 4.79 Å². The Bertz CT molecular complexity index is 954. The molecule has 3 rings (SSSR count). The first-order chi connectivity index (χ1) is 13.9. The molecule has 2 aromatic rings. The normalized spacial score (nSPS) is 17.2. The lowest BCUT2D eigenvalue weighted by atomic mass is 10.1. The first-order valence-corrected chi connectivity index (χ1v) is 11.0. The van der Waals surface area contributed by atoms with Crippen molar-refractivity contribution in [3.05, 3.63) is 53.8 Å². The number of esters is 1. The van der Waals surface area contributed by atoms with Crippen LogP contribution in [0.5, 0.6) is 0 Å². The molecule has 8 nitrogen and oxygen atoms in total. The van der Waals surface area contributed by atoms with Crippen LogP contribution in [0.1, 0.15) is 35.9 Å². The van der Waals surface area contributed by atoms with E-state index in [0.717, 1.165) is 9.87 Å². The molecular formula is C20H24N2O6S. The monoisotopic (exact) mass is 420 g/mol. The van der Waals surface area contributed by atoms with E-state index >= 15 is 0 Å². The molecule has 1 aromatic carbocycles. The van der Waals surface area contributed by atoms with Crippen molar-refractivity contribution in [1.29, 1.82) is 0 Å². The molecular weight excluding hydrogens is 396 g/mol. The Morgan fingerprint density at radius 3 is 2.69 bits per heavy atom. The molecule has 29 heavy (non-hydrogen) atoms. The zero-order valence-corrected chi connectivity index (χ0v) is 17.0. The lowest BCUT2D eigenvalue weighted by Gasteiger charge is -2.22. The molecule has 0 aliphatic carbocycles. The minimum atomic E-state index is -4.04. The molecule has 1 amide bonds. The van der Waals surface area contributed by atoms with Gasteiger partial charge in [-0.25, -0.2) is 13.2 Å². The highest BCUT2D eigenvalue weighted by molar-refractivity contribution is 7.89. The third kappa shape index (κ3) is 4.86. The Hall–Kier alpha value is -2.65. The Labute approximate surface area is 169 Å². The summed E-state index contributed by atoms with van der Waals surface area (Å²) in [5.41, 5.74) is 1.09. The average molecular weight is 420 g/mol. The summed E-state index contributed by atoms with van der Waals surface area (Å²) in [6.45, 7) is 2.43. The third-order valence-corrected chi connectivity index (χ3v) is 6.47. The predicted octanol–water partition coefficient (Wildman–Crippen LogP) is 1.97. The van der Waals surface area contributed by atoms with Gasteiger partial charge in [0.2, 0.25) is 16.8 Å². The van der Waals surface area contributed by atoms with Crippen molar-refractivity contribution < 1.29 is 27.2 Å². The van der Waals surface area contributed by atoms with Gasteiger partial charge in [0, 0.05) is 13.1 Å². The van der Waals surface area contributed by atoms with Gasteiger partial charge in [-0.2, -0.15) is 4.31 Å². The van der Waals surface area contributed by atoms with Crippen LogP contribution >= 0.6 is 0 Å². The Kier molecular flexibility index (Phi) is 6.71. The molecule has 9 heteroatoms. The van der Waals surface area contributed by atoms with E-state index in [2.05, 4.69) is 5.32 Å². The van der Waals surface area contributed by atoms with Crippen molar-refractivity contribution >= 4 is 21.9 Å². The number of furan rings is 1. The van der Waals surface area contributed by atoms with Crippen molar-refractivity contribution in [1.82, 2.24) is 9.62 Å². The van der Waals surface area contributed by atoms with E-state index in [4.69, 9.17) is 9.15 Å². The highest BCUT2D eigenvalue weighted by Gasteiger charge is 2.41. The largest absolute Gasteiger partial charge is 0.460 e. The van der Waals surface area contributed by atoms with E-state index in [9.17, 15) is 18.0 Å². The first kappa shape index (κ1) is 21.1. The molecule has 0 spiro atoms. The summed E-state index contributed by atoms with van der Waals surface area (Å²) in [7, 11) is -4.04. The summed E-state index contributed by atoms with van der Waals surface area (Å²) in [4.78, 5) is 24.3. The van der Waals surface area contributed by atoms with Gasteiger partial charge in [-0.1, -0.05) is 30.3 Å². The molecule has 0 bridgehead atoms. The van der Waals surface area contributed by atoms with Crippen LogP contribution in [0.2, 0.25) is 0 Å². The second kappa shape index (κ2) is 9.23. The van der Waals surface area contributed by atoms with E-state index in [-0.39, 0.29) is 29.9 Å². The highest BCUT2D eigenvalue weighted by Crippen LogP contribution is 2.27. The van der Waals surface area contributed by atoms with Crippen LogP contribution in [-0.2, 0) is 26.0 Å². The molecule has 1 aliphatic rings. The smallest absolute Gasteiger partial charge is 0.374 e. The van der Waals surface area contributed by atoms with Gasteiger partial charge in [0.15, 0.2) is 0 Å². The van der Waals surface area contributed by atoms with Crippen molar-refractivity contribution in [2.24, 2.45) is 0 Å². The molecule has 2 heterocycles. The Morgan fingerprint density at radius 1 is 1.21 bits per heavy atom. The van der Waals surface area contributed by atoms with Gasteiger partial charge in [-0.15, -0.1) is 0 Å². The molecule has 1 unspecified atom stereocenters. The number of benzene rings is 1. The molecule has 1 aromatic heterocycles. The third-order valence-electron chi connectivity index (χ3n) is 4.68. The van der Waals surface area contributed by atoms with Gasteiger partial charge in [0.25, 0.3) is 10.0 Å². The van der Waals surface area contributed by atoms with E-state index in [1.54, 1.807) is 6.92 Å². The van der Waals surface area contributed by atoms with Crippen LogP contribution in [0.25, 0.3) is 0 Å². The minimum absolute atomic E-state index is 0.152.